The minimum atomic E-state index is -0.376. The fourth-order valence-corrected chi connectivity index (χ4v) is 2.42. The first-order valence-corrected chi connectivity index (χ1v) is 6.22. The van der Waals surface area contributed by atoms with Crippen LogP contribution in [0.2, 0.25) is 5.02 Å². The highest BCUT2D eigenvalue weighted by molar-refractivity contribution is 6.30. The maximum absolute atomic E-state index is 13.3. The number of hydrogen-bond donors (Lipinski definition) is 2. The van der Waals surface area contributed by atoms with Crippen molar-refractivity contribution in [1.29, 1.82) is 0 Å². The quantitative estimate of drug-likeness (QED) is 0.871. The lowest BCUT2D eigenvalue weighted by Crippen LogP contribution is -2.26. The van der Waals surface area contributed by atoms with Gasteiger partial charge in [0.25, 0.3) is 0 Å². The summed E-state index contributed by atoms with van der Waals surface area (Å²) in [6.45, 7) is 1.71. The Hall–Kier alpha value is -0.640. The van der Waals surface area contributed by atoms with E-state index < -0.39 is 0 Å². The molecular weight excluding hydrogens is 241 g/mol. The summed E-state index contributed by atoms with van der Waals surface area (Å²) in [7, 11) is 0. The predicted molar refractivity (Wildman–Crippen MR) is 66.6 cm³/mol. The number of aliphatic hydroxyl groups is 1. The third kappa shape index (κ3) is 2.79. The standard InChI is InChI=1S/C13H17ClFNO/c1-8-5-9(6-10(14)12(8)15)3-2-4-13(16)7-11(13)17/h5-6,11,17H,2-4,7,16H2,1H3. The average molecular weight is 258 g/mol. The van der Waals surface area contributed by atoms with E-state index in [4.69, 9.17) is 17.3 Å². The van der Waals surface area contributed by atoms with E-state index in [2.05, 4.69) is 0 Å². The van der Waals surface area contributed by atoms with Gasteiger partial charge in [0.05, 0.1) is 11.1 Å². The second kappa shape index (κ2) is 4.56. The predicted octanol–water partition coefficient (Wildman–Crippen LogP) is 2.57. The van der Waals surface area contributed by atoms with Crippen molar-refractivity contribution in [3.8, 4) is 0 Å². The summed E-state index contributed by atoms with van der Waals surface area (Å²) in [6.07, 6.45) is 2.83. The monoisotopic (exact) mass is 257 g/mol. The van der Waals surface area contributed by atoms with Crippen LogP contribution >= 0.6 is 11.6 Å². The lowest BCUT2D eigenvalue weighted by atomic mass is 10.0. The second-order valence-corrected chi connectivity index (χ2v) is 5.42. The maximum Gasteiger partial charge on any atom is 0.144 e. The Balaban J connectivity index is 1.91. The topological polar surface area (TPSA) is 46.2 Å². The van der Waals surface area contributed by atoms with Crippen LogP contribution in [0.15, 0.2) is 12.1 Å². The van der Waals surface area contributed by atoms with E-state index in [1.54, 1.807) is 13.0 Å². The molecule has 17 heavy (non-hydrogen) atoms. The Morgan fingerprint density at radius 2 is 2.24 bits per heavy atom. The van der Waals surface area contributed by atoms with Gasteiger partial charge in [-0.3, -0.25) is 0 Å². The van der Waals surface area contributed by atoms with Gasteiger partial charge in [0.15, 0.2) is 0 Å². The molecule has 0 spiro atoms. The Bertz CT molecular complexity index is 414. The van der Waals surface area contributed by atoms with Gasteiger partial charge in [0.2, 0.25) is 0 Å². The van der Waals surface area contributed by atoms with Crippen LogP contribution in [0.4, 0.5) is 4.39 Å². The molecule has 2 rings (SSSR count). The van der Waals surface area contributed by atoms with Crippen molar-refractivity contribution < 1.29 is 9.50 Å². The van der Waals surface area contributed by atoms with Gasteiger partial charge in [-0.2, -0.15) is 0 Å². The zero-order valence-corrected chi connectivity index (χ0v) is 10.6. The summed E-state index contributed by atoms with van der Waals surface area (Å²) in [5.41, 5.74) is 7.12. The Morgan fingerprint density at radius 1 is 1.59 bits per heavy atom. The number of nitrogens with two attached hydrogens (primary N) is 1. The molecule has 1 aromatic carbocycles. The van der Waals surface area contributed by atoms with Gasteiger partial charge in [-0.15, -0.1) is 0 Å². The number of halogens is 2. The first kappa shape index (κ1) is 12.8. The summed E-state index contributed by atoms with van der Waals surface area (Å²) >= 11 is 5.78. The molecule has 2 unspecified atom stereocenters. The molecule has 0 aromatic heterocycles. The third-order valence-electron chi connectivity index (χ3n) is 3.45. The summed E-state index contributed by atoms with van der Waals surface area (Å²) < 4.78 is 13.3. The summed E-state index contributed by atoms with van der Waals surface area (Å²) in [6, 6.07) is 3.48. The van der Waals surface area contributed by atoms with Gasteiger partial charge < -0.3 is 10.8 Å². The molecule has 1 aliphatic carbocycles. The van der Waals surface area contributed by atoms with Crippen LogP contribution in [-0.4, -0.2) is 16.7 Å². The van der Waals surface area contributed by atoms with Crippen molar-refractivity contribution in [2.24, 2.45) is 5.73 Å². The number of hydrogen-bond acceptors (Lipinski definition) is 2. The van der Waals surface area contributed by atoms with Gasteiger partial charge in [0.1, 0.15) is 5.82 Å². The van der Waals surface area contributed by atoms with Gasteiger partial charge in [0, 0.05) is 5.54 Å². The van der Waals surface area contributed by atoms with E-state index in [1.165, 1.54) is 0 Å². The van der Waals surface area contributed by atoms with Crippen molar-refractivity contribution in [3.63, 3.8) is 0 Å². The molecular formula is C13H17ClFNO. The van der Waals surface area contributed by atoms with Crippen LogP contribution in [-0.2, 0) is 6.42 Å². The van der Waals surface area contributed by atoms with Crippen molar-refractivity contribution >= 4 is 11.6 Å². The van der Waals surface area contributed by atoms with Crippen molar-refractivity contribution in [1.82, 2.24) is 0 Å². The van der Waals surface area contributed by atoms with Crippen molar-refractivity contribution in [3.05, 3.63) is 34.1 Å². The van der Waals surface area contributed by atoms with Crippen LogP contribution in [0.3, 0.4) is 0 Å². The second-order valence-electron chi connectivity index (χ2n) is 5.02. The molecule has 3 N–H and O–H groups in total. The van der Waals surface area contributed by atoms with Gasteiger partial charge in [-0.25, -0.2) is 4.39 Å². The third-order valence-corrected chi connectivity index (χ3v) is 3.73. The number of aryl methyl sites for hydroxylation is 2. The van der Waals surface area contributed by atoms with E-state index in [0.29, 0.717) is 12.0 Å². The fraction of sp³-hybridized carbons (Fsp3) is 0.538. The SMILES string of the molecule is Cc1cc(CCCC2(N)CC2O)cc(Cl)c1F. The zero-order valence-electron chi connectivity index (χ0n) is 9.84. The number of benzene rings is 1. The summed E-state index contributed by atoms with van der Waals surface area (Å²) in [5.74, 6) is -0.344. The molecule has 0 heterocycles. The molecule has 1 fully saturated rings. The minimum Gasteiger partial charge on any atom is -0.391 e. The Kier molecular flexibility index (Phi) is 3.43. The lowest BCUT2D eigenvalue weighted by molar-refractivity contribution is 0.243. The van der Waals surface area contributed by atoms with E-state index >= 15 is 0 Å². The first-order chi connectivity index (χ1) is 7.92. The van der Waals surface area contributed by atoms with Crippen molar-refractivity contribution in [2.45, 2.75) is 44.2 Å². The Labute approximate surface area is 106 Å². The molecule has 0 radical (unpaired) electrons. The smallest absolute Gasteiger partial charge is 0.144 e. The van der Waals surface area contributed by atoms with E-state index in [0.717, 1.165) is 24.8 Å². The van der Waals surface area contributed by atoms with Crippen molar-refractivity contribution in [2.75, 3.05) is 0 Å². The highest BCUT2D eigenvalue weighted by Gasteiger charge is 2.49. The molecule has 4 heteroatoms. The molecule has 0 bridgehead atoms. The van der Waals surface area contributed by atoms with Crippen LogP contribution in [0, 0.1) is 12.7 Å². The van der Waals surface area contributed by atoms with Crippen LogP contribution in [0.25, 0.3) is 0 Å². The van der Waals surface area contributed by atoms with E-state index in [9.17, 15) is 9.50 Å². The first-order valence-electron chi connectivity index (χ1n) is 5.84. The highest BCUT2D eigenvalue weighted by atomic mass is 35.5. The molecule has 2 nitrogen and oxygen atoms in total. The van der Waals surface area contributed by atoms with E-state index in [1.807, 2.05) is 6.07 Å². The summed E-state index contributed by atoms with van der Waals surface area (Å²) in [5, 5.41) is 9.49. The van der Waals surface area contributed by atoms with Crippen LogP contribution in [0.5, 0.6) is 0 Å². The minimum absolute atomic E-state index is 0.175. The number of aliphatic hydroxyl groups excluding tert-OH is 1. The summed E-state index contributed by atoms with van der Waals surface area (Å²) in [4.78, 5) is 0. The van der Waals surface area contributed by atoms with Gasteiger partial charge in [-0.1, -0.05) is 17.7 Å². The maximum atomic E-state index is 13.3. The molecule has 0 amide bonds. The molecule has 0 aliphatic heterocycles. The normalized spacial score (nSPS) is 27.2. The number of rotatable bonds is 4. The molecule has 1 saturated carbocycles. The molecule has 94 valence electrons. The zero-order chi connectivity index (χ0) is 12.6. The molecule has 0 saturated heterocycles. The van der Waals surface area contributed by atoms with Gasteiger partial charge >= 0.3 is 0 Å². The van der Waals surface area contributed by atoms with Gasteiger partial charge in [-0.05, 0) is 49.8 Å². The molecule has 1 aliphatic rings. The fourth-order valence-electron chi connectivity index (χ4n) is 2.13. The van der Waals surface area contributed by atoms with E-state index in [-0.39, 0.29) is 22.5 Å². The average Bonchev–Trinajstić information content (AvgIpc) is 2.83. The largest absolute Gasteiger partial charge is 0.391 e. The molecule has 2 atom stereocenters. The molecule has 1 aromatic rings. The highest BCUT2D eigenvalue weighted by Crippen LogP contribution is 2.37. The lowest BCUT2D eigenvalue weighted by Gasteiger charge is -2.10. The Morgan fingerprint density at radius 3 is 2.76 bits per heavy atom. The van der Waals surface area contributed by atoms with Crippen LogP contribution < -0.4 is 5.73 Å². The van der Waals surface area contributed by atoms with Crippen LogP contribution in [0.1, 0.15) is 30.4 Å².